The van der Waals surface area contributed by atoms with E-state index in [1.807, 2.05) is 12.1 Å². The summed E-state index contributed by atoms with van der Waals surface area (Å²) in [4.78, 5) is 0. The van der Waals surface area contributed by atoms with Crippen molar-refractivity contribution < 1.29 is 4.74 Å². The summed E-state index contributed by atoms with van der Waals surface area (Å²) in [5.41, 5.74) is 1.34. The van der Waals surface area contributed by atoms with Crippen LogP contribution in [0.25, 0.3) is 0 Å². The lowest BCUT2D eigenvalue weighted by atomic mass is 9.80. The topological polar surface area (TPSA) is 21.3 Å². The van der Waals surface area contributed by atoms with Crippen LogP contribution in [0.2, 0.25) is 0 Å². The van der Waals surface area contributed by atoms with Crippen molar-refractivity contribution in [1.29, 1.82) is 0 Å². The molecule has 0 saturated heterocycles. The Bertz CT molecular complexity index is 373. The summed E-state index contributed by atoms with van der Waals surface area (Å²) >= 11 is 0. The lowest BCUT2D eigenvalue weighted by Gasteiger charge is -2.30. The van der Waals surface area contributed by atoms with E-state index < -0.39 is 0 Å². The Morgan fingerprint density at radius 3 is 2.53 bits per heavy atom. The number of ether oxygens (including phenoxy) is 1. The van der Waals surface area contributed by atoms with E-state index in [0.717, 1.165) is 24.1 Å². The van der Waals surface area contributed by atoms with Crippen molar-refractivity contribution in [2.75, 3.05) is 13.7 Å². The molecule has 2 heteroatoms. The zero-order valence-electron chi connectivity index (χ0n) is 12.5. The molecule has 0 bridgehead atoms. The van der Waals surface area contributed by atoms with Gasteiger partial charge in [0.2, 0.25) is 0 Å². The minimum atomic E-state index is 0.417. The first kappa shape index (κ1) is 14.4. The van der Waals surface area contributed by atoms with Crippen molar-refractivity contribution in [3.8, 4) is 5.75 Å². The molecule has 0 radical (unpaired) electrons. The average molecular weight is 261 g/mol. The van der Waals surface area contributed by atoms with Gasteiger partial charge in [0.25, 0.3) is 0 Å². The molecular formula is C17H27NO. The van der Waals surface area contributed by atoms with Crippen molar-refractivity contribution in [3.63, 3.8) is 0 Å². The van der Waals surface area contributed by atoms with Crippen molar-refractivity contribution in [1.82, 2.24) is 5.32 Å². The Hall–Kier alpha value is -1.02. The van der Waals surface area contributed by atoms with E-state index in [-0.39, 0.29) is 0 Å². The predicted molar refractivity (Wildman–Crippen MR) is 80.5 cm³/mol. The minimum Gasteiger partial charge on any atom is -0.497 e. The lowest BCUT2D eigenvalue weighted by Crippen LogP contribution is -2.31. The van der Waals surface area contributed by atoms with E-state index in [0.29, 0.717) is 6.04 Å². The second-order valence-electron chi connectivity index (χ2n) is 5.92. The second kappa shape index (κ2) is 6.95. The van der Waals surface area contributed by atoms with Crippen molar-refractivity contribution in [2.45, 2.75) is 45.6 Å². The highest BCUT2D eigenvalue weighted by molar-refractivity contribution is 5.28. The van der Waals surface area contributed by atoms with Crippen LogP contribution in [0.4, 0.5) is 0 Å². The largest absolute Gasteiger partial charge is 0.497 e. The fraction of sp³-hybridized carbons (Fsp3) is 0.647. The van der Waals surface area contributed by atoms with Gasteiger partial charge in [0.1, 0.15) is 5.75 Å². The van der Waals surface area contributed by atoms with Crippen LogP contribution in [-0.4, -0.2) is 13.7 Å². The molecule has 0 amide bonds. The normalized spacial score (nSPS) is 25.0. The molecule has 0 heterocycles. The molecule has 2 nitrogen and oxygen atoms in total. The van der Waals surface area contributed by atoms with Crippen LogP contribution in [0.5, 0.6) is 5.75 Å². The van der Waals surface area contributed by atoms with E-state index >= 15 is 0 Å². The molecule has 1 aliphatic carbocycles. The molecule has 1 saturated carbocycles. The van der Waals surface area contributed by atoms with Crippen LogP contribution in [0.3, 0.4) is 0 Å². The molecule has 1 aromatic carbocycles. The maximum atomic E-state index is 5.20. The lowest BCUT2D eigenvalue weighted by molar-refractivity contribution is 0.242. The average Bonchev–Trinajstić information content (AvgIpc) is 2.46. The molecule has 1 aliphatic rings. The maximum absolute atomic E-state index is 5.20. The second-order valence-corrected chi connectivity index (χ2v) is 5.92. The number of nitrogens with one attached hydrogen (secondary N) is 1. The van der Waals surface area contributed by atoms with Crippen molar-refractivity contribution in [2.24, 2.45) is 11.8 Å². The maximum Gasteiger partial charge on any atom is 0.118 e. The Morgan fingerprint density at radius 1 is 1.21 bits per heavy atom. The van der Waals surface area contributed by atoms with Gasteiger partial charge < -0.3 is 10.1 Å². The van der Waals surface area contributed by atoms with Gasteiger partial charge in [0.15, 0.2) is 0 Å². The zero-order valence-corrected chi connectivity index (χ0v) is 12.5. The first-order valence-electron chi connectivity index (χ1n) is 7.58. The number of hydrogen-bond donors (Lipinski definition) is 1. The van der Waals surface area contributed by atoms with E-state index in [4.69, 9.17) is 4.74 Å². The van der Waals surface area contributed by atoms with Gasteiger partial charge in [-0.2, -0.15) is 0 Å². The molecule has 0 spiro atoms. The minimum absolute atomic E-state index is 0.417. The van der Waals surface area contributed by atoms with Crippen LogP contribution in [-0.2, 0) is 0 Å². The van der Waals surface area contributed by atoms with Gasteiger partial charge in [-0.3, -0.25) is 0 Å². The number of hydrogen-bond acceptors (Lipinski definition) is 2. The van der Waals surface area contributed by atoms with Gasteiger partial charge in [-0.1, -0.05) is 38.3 Å². The molecule has 1 fully saturated rings. The number of methoxy groups -OCH3 is 1. The van der Waals surface area contributed by atoms with Crippen LogP contribution >= 0.6 is 0 Å². The quantitative estimate of drug-likeness (QED) is 0.859. The van der Waals surface area contributed by atoms with Gasteiger partial charge in [0, 0.05) is 6.04 Å². The monoisotopic (exact) mass is 261 g/mol. The fourth-order valence-corrected chi connectivity index (χ4v) is 3.03. The highest BCUT2D eigenvalue weighted by Crippen LogP contribution is 2.29. The molecule has 19 heavy (non-hydrogen) atoms. The SMILES string of the molecule is COc1ccc(C(C)NCC2CCCCC2C)cc1. The Kier molecular flexibility index (Phi) is 5.26. The van der Waals surface area contributed by atoms with E-state index in [1.165, 1.54) is 31.2 Å². The third-order valence-corrected chi connectivity index (χ3v) is 4.59. The Labute approximate surface area is 117 Å². The summed E-state index contributed by atoms with van der Waals surface area (Å²) in [6.07, 6.45) is 5.63. The van der Waals surface area contributed by atoms with Crippen molar-refractivity contribution in [3.05, 3.63) is 29.8 Å². The van der Waals surface area contributed by atoms with Crippen LogP contribution in [0.1, 0.15) is 51.1 Å². The molecule has 1 aromatic rings. The van der Waals surface area contributed by atoms with Gasteiger partial charge >= 0.3 is 0 Å². The van der Waals surface area contributed by atoms with Crippen LogP contribution < -0.4 is 10.1 Å². The molecular weight excluding hydrogens is 234 g/mol. The highest BCUT2D eigenvalue weighted by atomic mass is 16.5. The Morgan fingerprint density at radius 2 is 1.89 bits per heavy atom. The smallest absolute Gasteiger partial charge is 0.118 e. The summed E-state index contributed by atoms with van der Waals surface area (Å²) < 4.78 is 5.20. The van der Waals surface area contributed by atoms with Crippen molar-refractivity contribution >= 4 is 0 Å². The highest BCUT2D eigenvalue weighted by Gasteiger charge is 2.21. The summed E-state index contributed by atoms with van der Waals surface area (Å²) in [5, 5.41) is 3.70. The molecule has 3 atom stereocenters. The summed E-state index contributed by atoms with van der Waals surface area (Å²) in [5.74, 6) is 2.66. The third kappa shape index (κ3) is 3.97. The van der Waals surface area contributed by atoms with Gasteiger partial charge in [-0.15, -0.1) is 0 Å². The van der Waals surface area contributed by atoms with E-state index in [2.05, 4.69) is 31.3 Å². The molecule has 1 N–H and O–H groups in total. The first-order chi connectivity index (χ1) is 9.20. The summed E-state index contributed by atoms with van der Waals surface area (Å²) in [6.45, 7) is 5.80. The molecule has 0 aromatic heterocycles. The van der Waals surface area contributed by atoms with E-state index in [9.17, 15) is 0 Å². The van der Waals surface area contributed by atoms with Crippen LogP contribution in [0, 0.1) is 11.8 Å². The number of rotatable bonds is 5. The first-order valence-corrected chi connectivity index (χ1v) is 7.58. The molecule has 106 valence electrons. The number of benzene rings is 1. The van der Waals surface area contributed by atoms with Gasteiger partial charge in [-0.25, -0.2) is 0 Å². The van der Waals surface area contributed by atoms with E-state index in [1.54, 1.807) is 7.11 Å². The standard InChI is InChI=1S/C17H27NO/c1-13-6-4-5-7-16(13)12-18-14(2)15-8-10-17(19-3)11-9-15/h8-11,13-14,16,18H,4-7,12H2,1-3H3. The molecule has 3 unspecified atom stereocenters. The predicted octanol–water partition coefficient (Wildman–Crippen LogP) is 4.17. The Balaban J connectivity index is 1.84. The third-order valence-electron chi connectivity index (χ3n) is 4.59. The van der Waals surface area contributed by atoms with Gasteiger partial charge in [-0.05, 0) is 49.4 Å². The zero-order chi connectivity index (χ0) is 13.7. The molecule has 2 rings (SSSR count). The summed E-state index contributed by atoms with van der Waals surface area (Å²) in [7, 11) is 1.71. The summed E-state index contributed by atoms with van der Waals surface area (Å²) in [6, 6.07) is 8.80. The molecule has 0 aliphatic heterocycles. The van der Waals surface area contributed by atoms with Gasteiger partial charge in [0.05, 0.1) is 7.11 Å². The fourth-order valence-electron chi connectivity index (χ4n) is 3.03. The van der Waals surface area contributed by atoms with Crippen LogP contribution in [0.15, 0.2) is 24.3 Å².